The number of hydrogen-bond donors (Lipinski definition) is 0. The van der Waals surface area contributed by atoms with Crippen LogP contribution in [0.3, 0.4) is 0 Å². The van der Waals surface area contributed by atoms with Crippen LogP contribution < -0.4 is 4.90 Å². The standard InChI is InChI=1S/C10H4F3NO3/c11-10(12,13)9(17)14-6-4-2-1-3-5(6)7(15)8(14)16/h1-4H. The van der Waals surface area contributed by atoms with E-state index in [0.29, 0.717) is 0 Å². The maximum Gasteiger partial charge on any atom is 0.472 e. The average molecular weight is 243 g/mol. The van der Waals surface area contributed by atoms with Gasteiger partial charge in [0.2, 0.25) is 0 Å². The molecule has 0 radical (unpaired) electrons. The van der Waals surface area contributed by atoms with Gasteiger partial charge in [0, 0.05) is 0 Å². The topological polar surface area (TPSA) is 54.5 Å². The number of Topliss-reactive ketones (excluding diaryl/α,β-unsaturated/α-hetero) is 1. The Morgan fingerprint density at radius 3 is 2.29 bits per heavy atom. The Balaban J connectivity index is 2.54. The zero-order valence-electron chi connectivity index (χ0n) is 8.12. The van der Waals surface area contributed by atoms with Gasteiger partial charge in [-0.15, -0.1) is 0 Å². The van der Waals surface area contributed by atoms with E-state index in [1.54, 1.807) is 0 Å². The zero-order valence-corrected chi connectivity index (χ0v) is 8.12. The number of fused-ring (bicyclic) bond motifs is 1. The first-order valence-corrected chi connectivity index (χ1v) is 4.43. The van der Waals surface area contributed by atoms with Crippen molar-refractivity contribution in [3.05, 3.63) is 29.8 Å². The number of rotatable bonds is 0. The lowest BCUT2D eigenvalue weighted by molar-refractivity contribution is -0.171. The van der Waals surface area contributed by atoms with Crippen LogP contribution in [0.2, 0.25) is 0 Å². The summed E-state index contributed by atoms with van der Waals surface area (Å²) in [7, 11) is 0. The highest BCUT2D eigenvalue weighted by Gasteiger charge is 2.50. The molecule has 1 aliphatic rings. The van der Waals surface area contributed by atoms with Crippen molar-refractivity contribution in [1.29, 1.82) is 0 Å². The Bertz CT molecular complexity index is 536. The van der Waals surface area contributed by atoms with Crippen LogP contribution in [0.15, 0.2) is 24.3 Å². The van der Waals surface area contributed by atoms with Gasteiger partial charge in [-0.3, -0.25) is 14.4 Å². The van der Waals surface area contributed by atoms with Gasteiger partial charge in [-0.2, -0.15) is 13.2 Å². The number of benzene rings is 1. The van der Waals surface area contributed by atoms with Gasteiger partial charge >= 0.3 is 18.0 Å². The first-order valence-electron chi connectivity index (χ1n) is 4.43. The van der Waals surface area contributed by atoms with Crippen molar-refractivity contribution in [3.8, 4) is 0 Å². The molecule has 1 aliphatic heterocycles. The fourth-order valence-corrected chi connectivity index (χ4v) is 1.52. The van der Waals surface area contributed by atoms with Gasteiger partial charge in [-0.05, 0) is 12.1 Å². The zero-order chi connectivity index (χ0) is 12.8. The molecule has 0 aromatic heterocycles. The highest BCUT2D eigenvalue weighted by molar-refractivity contribution is 6.56. The molecule has 4 nitrogen and oxygen atoms in total. The van der Waals surface area contributed by atoms with Crippen LogP contribution in [0.5, 0.6) is 0 Å². The summed E-state index contributed by atoms with van der Waals surface area (Å²) >= 11 is 0. The second kappa shape index (κ2) is 3.41. The Labute approximate surface area is 92.6 Å². The van der Waals surface area contributed by atoms with E-state index < -0.39 is 23.8 Å². The molecule has 0 unspecified atom stereocenters. The summed E-state index contributed by atoms with van der Waals surface area (Å²) in [4.78, 5) is 33.5. The third-order valence-corrected chi connectivity index (χ3v) is 2.23. The van der Waals surface area contributed by atoms with Crippen molar-refractivity contribution >= 4 is 23.3 Å². The van der Waals surface area contributed by atoms with Crippen molar-refractivity contribution in [2.45, 2.75) is 6.18 Å². The van der Waals surface area contributed by atoms with Crippen LogP contribution >= 0.6 is 0 Å². The molecule has 0 bridgehead atoms. The van der Waals surface area contributed by atoms with Crippen LogP contribution in [0, 0.1) is 0 Å². The van der Waals surface area contributed by atoms with E-state index in [4.69, 9.17) is 0 Å². The number of hydrogen-bond acceptors (Lipinski definition) is 3. The highest BCUT2D eigenvalue weighted by atomic mass is 19.4. The van der Waals surface area contributed by atoms with E-state index in [2.05, 4.69) is 0 Å². The second-order valence-electron chi connectivity index (χ2n) is 3.29. The van der Waals surface area contributed by atoms with Gasteiger partial charge in [-0.25, -0.2) is 4.90 Å². The van der Waals surface area contributed by atoms with E-state index in [-0.39, 0.29) is 16.2 Å². The van der Waals surface area contributed by atoms with E-state index in [1.165, 1.54) is 18.2 Å². The molecule has 2 rings (SSSR count). The van der Waals surface area contributed by atoms with E-state index >= 15 is 0 Å². The molecule has 0 fully saturated rings. The first kappa shape index (κ1) is 11.3. The van der Waals surface area contributed by atoms with E-state index in [0.717, 1.165) is 6.07 Å². The van der Waals surface area contributed by atoms with Gasteiger partial charge < -0.3 is 0 Å². The quantitative estimate of drug-likeness (QED) is 0.645. The van der Waals surface area contributed by atoms with Crippen molar-refractivity contribution in [2.24, 2.45) is 0 Å². The maximum atomic E-state index is 12.2. The number of para-hydroxylation sites is 1. The molecule has 0 saturated heterocycles. The Hall–Kier alpha value is -2.18. The number of carbonyl (C=O) groups is 3. The first-order chi connectivity index (χ1) is 7.84. The molecule has 7 heteroatoms. The lowest BCUT2D eigenvalue weighted by Gasteiger charge is -2.15. The van der Waals surface area contributed by atoms with Crippen LogP contribution in [-0.2, 0) is 9.59 Å². The number of carbonyl (C=O) groups excluding carboxylic acids is 3. The fraction of sp³-hybridized carbons (Fsp3) is 0.100. The average Bonchev–Trinajstić information content (AvgIpc) is 2.51. The summed E-state index contributed by atoms with van der Waals surface area (Å²) in [5.74, 6) is -4.95. The number of alkyl halides is 3. The summed E-state index contributed by atoms with van der Waals surface area (Å²) in [5, 5.41) is 0. The van der Waals surface area contributed by atoms with Crippen molar-refractivity contribution in [1.82, 2.24) is 0 Å². The lowest BCUT2D eigenvalue weighted by Crippen LogP contribution is -2.44. The predicted molar refractivity (Wildman–Crippen MR) is 49.3 cm³/mol. The predicted octanol–water partition coefficient (Wildman–Crippen LogP) is 1.30. The number of imide groups is 1. The molecule has 0 atom stereocenters. The Kier molecular flexibility index (Phi) is 2.27. The van der Waals surface area contributed by atoms with Crippen molar-refractivity contribution in [2.75, 3.05) is 4.90 Å². The molecule has 2 amide bonds. The summed E-state index contributed by atoms with van der Waals surface area (Å²) in [6.07, 6.45) is -5.20. The minimum Gasteiger partial charge on any atom is -0.283 e. The molecule has 0 spiro atoms. The summed E-state index contributed by atoms with van der Waals surface area (Å²) in [6, 6.07) is 5.04. The lowest BCUT2D eigenvalue weighted by atomic mass is 10.1. The molecular formula is C10H4F3NO3. The van der Waals surface area contributed by atoms with Gasteiger partial charge in [0.05, 0.1) is 11.3 Å². The van der Waals surface area contributed by atoms with Crippen LogP contribution in [0.4, 0.5) is 18.9 Å². The van der Waals surface area contributed by atoms with Gasteiger partial charge in [0.25, 0.3) is 5.78 Å². The molecule has 17 heavy (non-hydrogen) atoms. The van der Waals surface area contributed by atoms with Gasteiger partial charge in [-0.1, -0.05) is 12.1 Å². The fourth-order valence-electron chi connectivity index (χ4n) is 1.52. The van der Waals surface area contributed by atoms with Crippen LogP contribution in [-0.4, -0.2) is 23.8 Å². The summed E-state index contributed by atoms with van der Waals surface area (Å²) < 4.78 is 36.7. The minimum atomic E-state index is -5.20. The van der Waals surface area contributed by atoms with E-state index in [9.17, 15) is 27.6 Å². The van der Waals surface area contributed by atoms with E-state index in [1.807, 2.05) is 0 Å². The third-order valence-electron chi connectivity index (χ3n) is 2.23. The van der Waals surface area contributed by atoms with Crippen molar-refractivity contribution in [3.63, 3.8) is 0 Å². The largest absolute Gasteiger partial charge is 0.472 e. The molecular weight excluding hydrogens is 239 g/mol. The number of nitrogens with zero attached hydrogens (tertiary/aromatic N) is 1. The SMILES string of the molecule is O=C1C(=O)N(C(=O)C(F)(F)F)c2ccccc21. The number of amides is 2. The molecule has 0 saturated carbocycles. The highest BCUT2D eigenvalue weighted by Crippen LogP contribution is 2.32. The normalized spacial score (nSPS) is 15.1. The second-order valence-corrected chi connectivity index (χ2v) is 3.29. The number of halogens is 3. The van der Waals surface area contributed by atoms with Crippen LogP contribution in [0.1, 0.15) is 10.4 Å². The maximum absolute atomic E-state index is 12.2. The monoisotopic (exact) mass is 243 g/mol. The Morgan fingerprint density at radius 1 is 1.12 bits per heavy atom. The minimum absolute atomic E-state index is 0.141. The number of anilines is 1. The molecule has 88 valence electrons. The smallest absolute Gasteiger partial charge is 0.283 e. The van der Waals surface area contributed by atoms with Crippen molar-refractivity contribution < 1.29 is 27.6 Å². The molecule has 0 N–H and O–H groups in total. The molecule has 1 aromatic rings. The van der Waals surface area contributed by atoms with Gasteiger partial charge in [0.1, 0.15) is 0 Å². The van der Waals surface area contributed by atoms with Crippen LogP contribution in [0.25, 0.3) is 0 Å². The molecule has 0 aliphatic carbocycles. The Morgan fingerprint density at radius 2 is 1.71 bits per heavy atom. The molecule has 1 heterocycles. The summed E-state index contributed by atoms with van der Waals surface area (Å²) in [5.41, 5.74) is -0.528. The third kappa shape index (κ3) is 1.59. The molecule has 1 aromatic carbocycles. The summed E-state index contributed by atoms with van der Waals surface area (Å²) in [6.45, 7) is 0. The number of ketones is 1. The van der Waals surface area contributed by atoms with Gasteiger partial charge in [0.15, 0.2) is 0 Å².